The first-order valence-electron chi connectivity index (χ1n) is 7.17. The molecule has 1 fully saturated rings. The number of likely N-dealkylation sites (tertiary alicyclic amines) is 1. The Bertz CT molecular complexity index is 452. The SMILES string of the molecule is CC1CC(C)CN(C(=O)C2Cc3ccccc3S2)C1. The van der Waals surface area contributed by atoms with Crippen LogP contribution in [0.5, 0.6) is 0 Å². The van der Waals surface area contributed by atoms with Gasteiger partial charge in [0.15, 0.2) is 0 Å². The maximum Gasteiger partial charge on any atom is 0.236 e. The second-order valence-corrected chi connectivity index (χ2v) is 7.35. The van der Waals surface area contributed by atoms with Crippen molar-refractivity contribution in [3.63, 3.8) is 0 Å². The van der Waals surface area contributed by atoms with E-state index in [9.17, 15) is 4.79 Å². The van der Waals surface area contributed by atoms with Crippen LogP contribution in [0, 0.1) is 11.8 Å². The topological polar surface area (TPSA) is 20.3 Å². The number of carbonyl (C=O) groups excluding carboxylic acids is 1. The second kappa shape index (κ2) is 5.20. The Balaban J connectivity index is 1.69. The second-order valence-electron chi connectivity index (χ2n) is 6.11. The summed E-state index contributed by atoms with van der Waals surface area (Å²) < 4.78 is 0. The Labute approximate surface area is 119 Å². The summed E-state index contributed by atoms with van der Waals surface area (Å²) in [7, 11) is 0. The van der Waals surface area contributed by atoms with Crippen LogP contribution < -0.4 is 0 Å². The van der Waals surface area contributed by atoms with E-state index in [1.165, 1.54) is 16.9 Å². The third-order valence-electron chi connectivity index (χ3n) is 4.10. The van der Waals surface area contributed by atoms with Crippen LogP contribution in [0.4, 0.5) is 0 Å². The molecule has 0 N–H and O–H groups in total. The average molecular weight is 275 g/mol. The quantitative estimate of drug-likeness (QED) is 0.784. The van der Waals surface area contributed by atoms with Gasteiger partial charge < -0.3 is 4.90 Å². The number of amides is 1. The standard InChI is InChI=1S/C16H21NOS/c1-11-7-12(2)10-17(9-11)16(18)15-8-13-5-3-4-6-14(13)19-15/h3-6,11-12,15H,7-10H2,1-2H3. The monoisotopic (exact) mass is 275 g/mol. The molecular weight excluding hydrogens is 254 g/mol. The number of carbonyl (C=O) groups is 1. The number of thioether (sulfide) groups is 1. The molecule has 0 saturated carbocycles. The highest BCUT2D eigenvalue weighted by molar-refractivity contribution is 8.01. The maximum absolute atomic E-state index is 12.7. The highest BCUT2D eigenvalue weighted by Crippen LogP contribution is 2.38. The van der Waals surface area contributed by atoms with Crippen LogP contribution in [0.2, 0.25) is 0 Å². The molecule has 0 aliphatic carbocycles. The Kier molecular flexibility index (Phi) is 3.57. The lowest BCUT2D eigenvalue weighted by Gasteiger charge is -2.36. The molecule has 3 unspecified atom stereocenters. The summed E-state index contributed by atoms with van der Waals surface area (Å²) in [5.74, 6) is 1.63. The van der Waals surface area contributed by atoms with Gasteiger partial charge in [0.05, 0.1) is 5.25 Å². The summed E-state index contributed by atoms with van der Waals surface area (Å²) in [6, 6.07) is 8.41. The third kappa shape index (κ3) is 2.66. The lowest BCUT2D eigenvalue weighted by atomic mass is 9.91. The minimum atomic E-state index is 0.106. The highest BCUT2D eigenvalue weighted by atomic mass is 32.2. The number of hydrogen-bond acceptors (Lipinski definition) is 2. The lowest BCUT2D eigenvalue weighted by molar-refractivity contribution is -0.133. The molecule has 1 saturated heterocycles. The van der Waals surface area contributed by atoms with Gasteiger partial charge in [-0.15, -0.1) is 11.8 Å². The molecule has 3 heteroatoms. The molecule has 19 heavy (non-hydrogen) atoms. The summed E-state index contributed by atoms with van der Waals surface area (Å²) in [6.07, 6.45) is 2.15. The summed E-state index contributed by atoms with van der Waals surface area (Å²) in [5.41, 5.74) is 1.34. The van der Waals surface area contributed by atoms with E-state index in [2.05, 4.69) is 43.0 Å². The van der Waals surface area contributed by atoms with Crippen molar-refractivity contribution < 1.29 is 4.79 Å². The van der Waals surface area contributed by atoms with Crippen LogP contribution in [0.25, 0.3) is 0 Å². The normalized spacial score (nSPS) is 30.2. The van der Waals surface area contributed by atoms with Gasteiger partial charge in [0.25, 0.3) is 0 Å². The molecule has 102 valence electrons. The van der Waals surface area contributed by atoms with Crippen molar-refractivity contribution in [2.45, 2.75) is 36.8 Å². The Morgan fingerprint density at radius 1 is 1.21 bits per heavy atom. The third-order valence-corrected chi connectivity index (χ3v) is 5.41. The molecule has 0 spiro atoms. The van der Waals surface area contributed by atoms with Crippen molar-refractivity contribution in [2.24, 2.45) is 11.8 Å². The number of rotatable bonds is 1. The van der Waals surface area contributed by atoms with Gasteiger partial charge in [0.1, 0.15) is 0 Å². The van der Waals surface area contributed by atoms with Crippen LogP contribution >= 0.6 is 11.8 Å². The van der Waals surface area contributed by atoms with E-state index in [1.807, 2.05) is 0 Å². The van der Waals surface area contributed by atoms with Crippen LogP contribution in [0.1, 0.15) is 25.8 Å². The van der Waals surface area contributed by atoms with Crippen molar-refractivity contribution in [2.75, 3.05) is 13.1 Å². The molecule has 1 amide bonds. The van der Waals surface area contributed by atoms with Gasteiger partial charge in [-0.1, -0.05) is 32.0 Å². The number of nitrogens with zero attached hydrogens (tertiary/aromatic N) is 1. The van der Waals surface area contributed by atoms with Gasteiger partial charge in [0, 0.05) is 18.0 Å². The number of piperidine rings is 1. The van der Waals surface area contributed by atoms with E-state index in [0.29, 0.717) is 17.7 Å². The van der Waals surface area contributed by atoms with E-state index in [4.69, 9.17) is 0 Å². The van der Waals surface area contributed by atoms with Crippen LogP contribution in [0.3, 0.4) is 0 Å². The number of fused-ring (bicyclic) bond motifs is 1. The molecule has 0 radical (unpaired) electrons. The molecule has 2 aliphatic rings. The first-order chi connectivity index (χ1) is 9.13. The number of benzene rings is 1. The molecule has 2 aliphatic heterocycles. The lowest BCUT2D eigenvalue weighted by Crippen LogP contribution is -2.46. The minimum Gasteiger partial charge on any atom is -0.341 e. The van der Waals surface area contributed by atoms with Gasteiger partial charge >= 0.3 is 0 Å². The van der Waals surface area contributed by atoms with Crippen LogP contribution in [-0.2, 0) is 11.2 Å². The van der Waals surface area contributed by atoms with Gasteiger partial charge in [-0.3, -0.25) is 4.79 Å². The first-order valence-corrected chi connectivity index (χ1v) is 8.05. The molecule has 0 bridgehead atoms. The Morgan fingerprint density at radius 2 is 1.89 bits per heavy atom. The summed E-state index contributed by atoms with van der Waals surface area (Å²) in [5, 5.41) is 0.106. The summed E-state index contributed by atoms with van der Waals surface area (Å²) in [4.78, 5) is 16.1. The van der Waals surface area contributed by atoms with E-state index < -0.39 is 0 Å². The Hall–Kier alpha value is -0.960. The van der Waals surface area contributed by atoms with Crippen molar-refractivity contribution in [3.8, 4) is 0 Å². The molecule has 2 heterocycles. The smallest absolute Gasteiger partial charge is 0.236 e. The predicted molar refractivity (Wildman–Crippen MR) is 79.3 cm³/mol. The van der Waals surface area contributed by atoms with E-state index in [1.54, 1.807) is 11.8 Å². The van der Waals surface area contributed by atoms with E-state index in [-0.39, 0.29) is 5.25 Å². The van der Waals surface area contributed by atoms with Crippen molar-refractivity contribution in [3.05, 3.63) is 29.8 Å². The highest BCUT2D eigenvalue weighted by Gasteiger charge is 2.34. The van der Waals surface area contributed by atoms with Crippen molar-refractivity contribution in [1.29, 1.82) is 0 Å². The maximum atomic E-state index is 12.7. The van der Waals surface area contributed by atoms with E-state index >= 15 is 0 Å². The molecule has 3 atom stereocenters. The van der Waals surface area contributed by atoms with Crippen LogP contribution in [-0.4, -0.2) is 29.1 Å². The minimum absolute atomic E-state index is 0.106. The van der Waals surface area contributed by atoms with E-state index in [0.717, 1.165) is 19.5 Å². The number of hydrogen-bond donors (Lipinski definition) is 0. The molecule has 3 rings (SSSR count). The fourth-order valence-electron chi connectivity index (χ4n) is 3.37. The van der Waals surface area contributed by atoms with Crippen LogP contribution in [0.15, 0.2) is 29.2 Å². The van der Waals surface area contributed by atoms with Gasteiger partial charge in [0.2, 0.25) is 5.91 Å². The Morgan fingerprint density at radius 3 is 2.58 bits per heavy atom. The molecule has 2 nitrogen and oxygen atoms in total. The zero-order chi connectivity index (χ0) is 13.4. The first kappa shape index (κ1) is 13.0. The zero-order valence-corrected chi connectivity index (χ0v) is 12.5. The molecule has 1 aromatic rings. The fourth-order valence-corrected chi connectivity index (χ4v) is 4.65. The average Bonchev–Trinajstić information content (AvgIpc) is 2.80. The fraction of sp³-hybridized carbons (Fsp3) is 0.562. The van der Waals surface area contributed by atoms with Crippen molar-refractivity contribution >= 4 is 17.7 Å². The predicted octanol–water partition coefficient (Wildman–Crippen LogP) is 3.21. The zero-order valence-electron chi connectivity index (χ0n) is 11.6. The van der Waals surface area contributed by atoms with Gasteiger partial charge in [-0.2, -0.15) is 0 Å². The largest absolute Gasteiger partial charge is 0.341 e. The molecular formula is C16H21NOS. The van der Waals surface area contributed by atoms with Gasteiger partial charge in [-0.05, 0) is 36.3 Å². The van der Waals surface area contributed by atoms with Crippen molar-refractivity contribution in [1.82, 2.24) is 4.90 Å². The summed E-state index contributed by atoms with van der Waals surface area (Å²) >= 11 is 1.75. The summed E-state index contributed by atoms with van der Waals surface area (Å²) in [6.45, 7) is 6.39. The molecule has 1 aromatic carbocycles. The molecule has 0 aromatic heterocycles. The van der Waals surface area contributed by atoms with Gasteiger partial charge in [-0.25, -0.2) is 0 Å².